The zero-order valence-corrected chi connectivity index (χ0v) is 10.8. The van der Waals surface area contributed by atoms with Gasteiger partial charge in [0.1, 0.15) is 4.88 Å². The third-order valence-electron chi connectivity index (χ3n) is 2.67. The number of aromatic carboxylic acids is 1. The Morgan fingerprint density at radius 1 is 1.44 bits per heavy atom. The lowest BCUT2D eigenvalue weighted by molar-refractivity contribution is 0.0701. The first-order valence-electron chi connectivity index (χ1n) is 5.59. The minimum absolute atomic E-state index is 0.403. The van der Waals surface area contributed by atoms with Crippen LogP contribution in [0.4, 0.5) is 0 Å². The minimum atomic E-state index is -0.865. The van der Waals surface area contributed by atoms with Gasteiger partial charge in [0.05, 0.1) is 5.69 Å². The van der Waals surface area contributed by atoms with Crippen LogP contribution in [-0.4, -0.2) is 16.1 Å². The molecule has 2 rings (SSSR count). The predicted molar refractivity (Wildman–Crippen MR) is 70.8 cm³/mol. The lowest BCUT2D eigenvalue weighted by Crippen LogP contribution is -2.15. The van der Waals surface area contributed by atoms with Gasteiger partial charge in [-0.2, -0.15) is 0 Å². The number of carbonyl (C=O) groups is 1. The van der Waals surface area contributed by atoms with Crippen molar-refractivity contribution >= 4 is 17.3 Å². The van der Waals surface area contributed by atoms with Crippen molar-refractivity contribution in [2.45, 2.75) is 20.0 Å². The molecule has 0 saturated carbocycles. The molecule has 2 aromatic rings. The van der Waals surface area contributed by atoms with Crippen molar-refractivity contribution in [1.29, 1.82) is 0 Å². The van der Waals surface area contributed by atoms with E-state index in [1.165, 1.54) is 11.3 Å². The van der Waals surface area contributed by atoms with E-state index in [0.717, 1.165) is 16.8 Å². The molecule has 0 fully saturated rings. The van der Waals surface area contributed by atoms with Gasteiger partial charge < -0.3 is 10.4 Å². The van der Waals surface area contributed by atoms with Gasteiger partial charge in [0, 0.05) is 19.3 Å². The van der Waals surface area contributed by atoms with E-state index < -0.39 is 5.97 Å². The van der Waals surface area contributed by atoms with Crippen LogP contribution >= 0.6 is 11.3 Å². The van der Waals surface area contributed by atoms with Crippen molar-refractivity contribution in [2.24, 2.45) is 0 Å². The quantitative estimate of drug-likeness (QED) is 0.868. The van der Waals surface area contributed by atoms with E-state index in [0.29, 0.717) is 18.0 Å². The van der Waals surface area contributed by atoms with E-state index in [9.17, 15) is 4.79 Å². The van der Waals surface area contributed by atoms with Crippen molar-refractivity contribution in [3.8, 4) is 0 Å². The number of thiophene rings is 1. The Morgan fingerprint density at radius 2 is 2.28 bits per heavy atom. The third kappa shape index (κ3) is 2.94. The van der Waals surface area contributed by atoms with Crippen molar-refractivity contribution in [1.82, 2.24) is 10.3 Å². The summed E-state index contributed by atoms with van der Waals surface area (Å²) in [6.07, 6.45) is 1.76. The highest BCUT2D eigenvalue weighted by Crippen LogP contribution is 2.16. The van der Waals surface area contributed by atoms with Crippen molar-refractivity contribution < 1.29 is 9.90 Å². The van der Waals surface area contributed by atoms with E-state index >= 15 is 0 Å². The average molecular weight is 262 g/mol. The number of nitrogens with one attached hydrogen (secondary N) is 1. The Morgan fingerprint density at radius 3 is 3.00 bits per heavy atom. The van der Waals surface area contributed by atoms with Crippen LogP contribution < -0.4 is 5.32 Å². The van der Waals surface area contributed by atoms with Gasteiger partial charge in [0.2, 0.25) is 0 Å². The Balaban J connectivity index is 1.95. The molecule has 4 nitrogen and oxygen atoms in total. The molecule has 5 heteroatoms. The number of pyridine rings is 1. The second-order valence-electron chi connectivity index (χ2n) is 3.95. The number of aryl methyl sites for hydroxylation is 1. The molecule has 0 amide bonds. The summed E-state index contributed by atoms with van der Waals surface area (Å²) in [7, 11) is 0. The summed E-state index contributed by atoms with van der Waals surface area (Å²) in [5, 5.41) is 14.0. The predicted octanol–water partition coefficient (Wildman–Crippen LogP) is 2.44. The summed E-state index contributed by atoms with van der Waals surface area (Å²) in [6, 6.07) is 5.75. The number of rotatable bonds is 5. The molecule has 0 bridgehead atoms. The molecule has 94 valence electrons. The molecule has 0 saturated heterocycles. The highest BCUT2D eigenvalue weighted by molar-refractivity contribution is 7.12. The van der Waals surface area contributed by atoms with Gasteiger partial charge >= 0.3 is 5.97 Å². The van der Waals surface area contributed by atoms with Gasteiger partial charge in [-0.3, -0.25) is 4.98 Å². The number of carboxylic acid groups (broad SMARTS) is 1. The maximum absolute atomic E-state index is 10.9. The van der Waals surface area contributed by atoms with Crippen molar-refractivity contribution in [3.05, 3.63) is 51.5 Å². The fraction of sp³-hybridized carbons (Fsp3) is 0.231. The van der Waals surface area contributed by atoms with Crippen molar-refractivity contribution in [2.75, 3.05) is 0 Å². The Hall–Kier alpha value is -1.72. The maximum atomic E-state index is 10.9. The van der Waals surface area contributed by atoms with Crippen LogP contribution in [0.25, 0.3) is 0 Å². The molecule has 0 aliphatic carbocycles. The second kappa shape index (κ2) is 5.75. The number of aromatic nitrogens is 1. The topological polar surface area (TPSA) is 62.2 Å². The third-order valence-corrected chi connectivity index (χ3v) is 3.61. The standard InChI is InChI=1S/C13H14N2O2S/c1-9-3-2-5-15-11(9)8-14-7-10-4-6-18-12(10)13(16)17/h2-6,14H,7-8H2,1H3,(H,16,17). The highest BCUT2D eigenvalue weighted by atomic mass is 32.1. The first kappa shape index (κ1) is 12.7. The maximum Gasteiger partial charge on any atom is 0.346 e. The number of carboxylic acids is 1. The SMILES string of the molecule is Cc1cccnc1CNCc1ccsc1C(=O)O. The van der Waals surface area contributed by atoms with Gasteiger partial charge in [-0.05, 0) is 35.6 Å². The van der Waals surface area contributed by atoms with E-state index in [2.05, 4.69) is 10.3 Å². The summed E-state index contributed by atoms with van der Waals surface area (Å²) in [5.74, 6) is -0.865. The first-order valence-corrected chi connectivity index (χ1v) is 6.47. The van der Waals surface area contributed by atoms with Crippen LogP contribution in [0.1, 0.15) is 26.5 Å². The van der Waals surface area contributed by atoms with Crippen LogP contribution in [0.2, 0.25) is 0 Å². The molecule has 0 unspecified atom stereocenters. The number of nitrogens with zero attached hydrogens (tertiary/aromatic N) is 1. The Kier molecular flexibility index (Phi) is 4.07. The minimum Gasteiger partial charge on any atom is -0.477 e. The summed E-state index contributed by atoms with van der Waals surface area (Å²) < 4.78 is 0. The fourth-order valence-corrected chi connectivity index (χ4v) is 2.44. The fourth-order valence-electron chi connectivity index (χ4n) is 1.68. The molecular weight excluding hydrogens is 248 g/mol. The van der Waals surface area contributed by atoms with Crippen LogP contribution in [0.15, 0.2) is 29.8 Å². The van der Waals surface area contributed by atoms with Gasteiger partial charge in [-0.25, -0.2) is 4.79 Å². The molecule has 0 radical (unpaired) electrons. The molecule has 2 N–H and O–H groups in total. The van der Waals surface area contributed by atoms with Crippen LogP contribution in [0, 0.1) is 6.92 Å². The molecule has 18 heavy (non-hydrogen) atoms. The molecule has 0 atom stereocenters. The summed E-state index contributed by atoms with van der Waals surface area (Å²) in [4.78, 5) is 15.6. The molecule has 2 aromatic heterocycles. The first-order chi connectivity index (χ1) is 8.68. The molecule has 0 aromatic carbocycles. The van der Waals surface area contributed by atoms with E-state index in [4.69, 9.17) is 5.11 Å². The van der Waals surface area contributed by atoms with E-state index in [1.807, 2.05) is 25.1 Å². The van der Waals surface area contributed by atoms with Gasteiger partial charge in [-0.15, -0.1) is 11.3 Å². The number of hydrogen-bond acceptors (Lipinski definition) is 4. The Bertz CT molecular complexity index is 551. The lowest BCUT2D eigenvalue weighted by Gasteiger charge is -2.06. The molecule has 0 spiro atoms. The average Bonchev–Trinajstić information content (AvgIpc) is 2.80. The van der Waals surface area contributed by atoms with Crippen LogP contribution in [0.5, 0.6) is 0 Å². The van der Waals surface area contributed by atoms with E-state index in [1.54, 1.807) is 11.6 Å². The van der Waals surface area contributed by atoms with Crippen LogP contribution in [0.3, 0.4) is 0 Å². The summed E-state index contributed by atoms with van der Waals surface area (Å²) in [6.45, 7) is 3.19. The summed E-state index contributed by atoms with van der Waals surface area (Å²) >= 11 is 1.25. The molecule has 0 aliphatic rings. The van der Waals surface area contributed by atoms with Crippen LogP contribution in [-0.2, 0) is 13.1 Å². The normalized spacial score (nSPS) is 10.5. The molecule has 0 aliphatic heterocycles. The molecular formula is C13H14N2O2S. The second-order valence-corrected chi connectivity index (χ2v) is 4.87. The van der Waals surface area contributed by atoms with Crippen molar-refractivity contribution in [3.63, 3.8) is 0 Å². The zero-order chi connectivity index (χ0) is 13.0. The van der Waals surface area contributed by atoms with Gasteiger partial charge in [0.25, 0.3) is 0 Å². The monoisotopic (exact) mass is 262 g/mol. The van der Waals surface area contributed by atoms with Gasteiger partial charge in [0.15, 0.2) is 0 Å². The lowest BCUT2D eigenvalue weighted by atomic mass is 10.2. The van der Waals surface area contributed by atoms with E-state index in [-0.39, 0.29) is 0 Å². The van der Waals surface area contributed by atoms with Gasteiger partial charge in [-0.1, -0.05) is 6.07 Å². The number of hydrogen-bond donors (Lipinski definition) is 2. The molecule has 2 heterocycles. The highest BCUT2D eigenvalue weighted by Gasteiger charge is 2.10. The zero-order valence-electron chi connectivity index (χ0n) is 10.0. The smallest absolute Gasteiger partial charge is 0.346 e. The largest absolute Gasteiger partial charge is 0.477 e. The summed E-state index contributed by atoms with van der Waals surface area (Å²) in [5.41, 5.74) is 2.94. The Labute approximate surface area is 109 Å².